The fourth-order valence-electron chi connectivity index (χ4n) is 1.40. The molecule has 2 N–H and O–H groups in total. The van der Waals surface area contributed by atoms with Gasteiger partial charge in [0.1, 0.15) is 10.6 Å². The summed E-state index contributed by atoms with van der Waals surface area (Å²) in [6.07, 6.45) is 0. The smallest absolute Gasteiger partial charge is 0.345 e. The Morgan fingerprint density at radius 2 is 2.35 bits per heavy atom. The molecule has 0 fully saturated rings. The third kappa shape index (κ3) is 3.15. The molecule has 0 bridgehead atoms. The molecule has 0 aliphatic carbocycles. The molecule has 0 saturated heterocycles. The van der Waals surface area contributed by atoms with Gasteiger partial charge in [-0.1, -0.05) is 5.16 Å². The number of aromatic carboxylic acids is 1. The number of carboxylic acid groups (broad SMARTS) is 1. The highest BCUT2D eigenvalue weighted by atomic mass is 32.1. The van der Waals surface area contributed by atoms with E-state index in [0.29, 0.717) is 18.0 Å². The van der Waals surface area contributed by atoms with Crippen LogP contribution in [-0.2, 0) is 13.1 Å². The van der Waals surface area contributed by atoms with Gasteiger partial charge in [0.15, 0.2) is 0 Å². The molecule has 0 radical (unpaired) electrons. The summed E-state index contributed by atoms with van der Waals surface area (Å²) in [6.45, 7) is 3.08. The minimum atomic E-state index is -0.881. The Balaban J connectivity index is 1.83. The Labute approximate surface area is 102 Å². The van der Waals surface area contributed by atoms with Crippen LogP contribution in [-0.4, -0.2) is 16.2 Å². The van der Waals surface area contributed by atoms with Gasteiger partial charge in [0, 0.05) is 24.0 Å². The van der Waals surface area contributed by atoms with Crippen molar-refractivity contribution in [1.29, 1.82) is 0 Å². The van der Waals surface area contributed by atoms with Gasteiger partial charge in [0.05, 0.1) is 5.69 Å². The molecule has 0 saturated carbocycles. The predicted molar refractivity (Wildman–Crippen MR) is 63.1 cm³/mol. The number of aromatic nitrogens is 1. The molecule has 17 heavy (non-hydrogen) atoms. The first-order valence-electron chi connectivity index (χ1n) is 5.10. The summed E-state index contributed by atoms with van der Waals surface area (Å²) < 4.78 is 4.94. The molecule has 0 aliphatic heterocycles. The van der Waals surface area contributed by atoms with Gasteiger partial charge in [-0.3, -0.25) is 0 Å². The van der Waals surface area contributed by atoms with Gasteiger partial charge in [0.2, 0.25) is 0 Å². The van der Waals surface area contributed by atoms with Crippen molar-refractivity contribution in [2.45, 2.75) is 20.0 Å². The number of thiophene rings is 1. The monoisotopic (exact) mass is 252 g/mol. The second-order valence-electron chi connectivity index (χ2n) is 3.60. The van der Waals surface area contributed by atoms with Crippen LogP contribution in [0.2, 0.25) is 0 Å². The predicted octanol–water partition coefficient (Wildman–Crippen LogP) is 2.03. The van der Waals surface area contributed by atoms with Crippen molar-refractivity contribution in [1.82, 2.24) is 10.5 Å². The van der Waals surface area contributed by atoms with Crippen molar-refractivity contribution in [2.24, 2.45) is 0 Å². The van der Waals surface area contributed by atoms with Crippen molar-refractivity contribution in [2.75, 3.05) is 0 Å². The molecule has 0 spiro atoms. The molecule has 5 nitrogen and oxygen atoms in total. The fourth-order valence-corrected chi connectivity index (χ4v) is 2.22. The van der Waals surface area contributed by atoms with Gasteiger partial charge in [-0.15, -0.1) is 11.3 Å². The van der Waals surface area contributed by atoms with Gasteiger partial charge in [-0.2, -0.15) is 0 Å². The standard InChI is InChI=1S/C11H12N2O3S/c1-7-4-8(13-16-7)5-12-6-9-2-3-10(17-9)11(14)15/h2-4,12H,5-6H2,1H3,(H,14,15). The van der Waals surface area contributed by atoms with Gasteiger partial charge < -0.3 is 14.9 Å². The van der Waals surface area contributed by atoms with Crippen LogP contribution in [0, 0.1) is 6.92 Å². The van der Waals surface area contributed by atoms with Gasteiger partial charge in [0.25, 0.3) is 0 Å². The number of carbonyl (C=O) groups is 1. The highest BCUT2D eigenvalue weighted by Crippen LogP contribution is 2.16. The maximum absolute atomic E-state index is 10.7. The summed E-state index contributed by atoms with van der Waals surface area (Å²) in [5.74, 6) is -0.0977. The van der Waals surface area contributed by atoms with E-state index in [0.717, 1.165) is 16.3 Å². The molecule has 0 aliphatic rings. The van der Waals surface area contributed by atoms with Crippen molar-refractivity contribution in [3.05, 3.63) is 39.4 Å². The number of hydrogen-bond acceptors (Lipinski definition) is 5. The molecule has 2 aromatic heterocycles. The summed E-state index contributed by atoms with van der Waals surface area (Å²) in [5.41, 5.74) is 0.845. The van der Waals surface area contributed by atoms with Gasteiger partial charge in [-0.25, -0.2) is 4.79 Å². The summed E-state index contributed by atoms with van der Waals surface area (Å²) in [4.78, 5) is 12.0. The minimum Gasteiger partial charge on any atom is -0.477 e. The van der Waals surface area contributed by atoms with Crippen LogP contribution in [0.25, 0.3) is 0 Å². The van der Waals surface area contributed by atoms with Gasteiger partial charge in [-0.05, 0) is 19.1 Å². The molecule has 0 aromatic carbocycles. The van der Waals surface area contributed by atoms with Crippen molar-refractivity contribution < 1.29 is 14.4 Å². The first kappa shape index (κ1) is 11.8. The Morgan fingerprint density at radius 1 is 1.53 bits per heavy atom. The third-order valence-corrected chi connectivity index (χ3v) is 3.23. The molecule has 6 heteroatoms. The molecule has 90 valence electrons. The number of nitrogens with one attached hydrogen (secondary N) is 1. The van der Waals surface area contributed by atoms with Crippen LogP contribution in [0.15, 0.2) is 22.7 Å². The minimum absolute atomic E-state index is 0.360. The van der Waals surface area contributed by atoms with E-state index in [-0.39, 0.29) is 0 Å². The normalized spacial score (nSPS) is 10.6. The van der Waals surface area contributed by atoms with E-state index in [9.17, 15) is 4.79 Å². The topological polar surface area (TPSA) is 75.4 Å². The highest BCUT2D eigenvalue weighted by molar-refractivity contribution is 7.13. The first-order valence-corrected chi connectivity index (χ1v) is 5.92. The van der Waals surface area contributed by atoms with Crippen LogP contribution in [0.4, 0.5) is 0 Å². The van der Waals surface area contributed by atoms with Crippen LogP contribution in [0.5, 0.6) is 0 Å². The number of hydrogen-bond donors (Lipinski definition) is 2. The average Bonchev–Trinajstić information content (AvgIpc) is 2.88. The van der Waals surface area contributed by atoms with Crippen LogP contribution in [0.3, 0.4) is 0 Å². The third-order valence-electron chi connectivity index (χ3n) is 2.15. The molecular weight excluding hydrogens is 240 g/mol. The molecular formula is C11H12N2O3S. The summed E-state index contributed by atoms with van der Waals surface area (Å²) >= 11 is 1.28. The second kappa shape index (κ2) is 5.11. The van der Waals surface area contributed by atoms with Gasteiger partial charge >= 0.3 is 5.97 Å². The van der Waals surface area contributed by atoms with E-state index in [1.54, 1.807) is 6.07 Å². The first-order chi connectivity index (χ1) is 8.15. The van der Waals surface area contributed by atoms with E-state index in [1.165, 1.54) is 11.3 Å². The lowest BCUT2D eigenvalue weighted by atomic mass is 10.3. The SMILES string of the molecule is Cc1cc(CNCc2ccc(C(=O)O)s2)no1. The number of nitrogens with zero attached hydrogens (tertiary/aromatic N) is 1. The van der Waals surface area contributed by atoms with Crippen molar-refractivity contribution >= 4 is 17.3 Å². The van der Waals surface area contributed by atoms with Crippen molar-refractivity contribution in [3.63, 3.8) is 0 Å². The molecule has 0 amide bonds. The maximum Gasteiger partial charge on any atom is 0.345 e. The summed E-state index contributed by atoms with van der Waals surface area (Å²) in [5, 5.41) is 15.8. The largest absolute Gasteiger partial charge is 0.477 e. The lowest BCUT2D eigenvalue weighted by Gasteiger charge is -1.98. The fraction of sp³-hybridized carbons (Fsp3) is 0.273. The highest BCUT2D eigenvalue weighted by Gasteiger charge is 2.06. The van der Waals surface area contributed by atoms with Crippen LogP contribution < -0.4 is 5.32 Å². The quantitative estimate of drug-likeness (QED) is 0.851. The van der Waals surface area contributed by atoms with E-state index in [2.05, 4.69) is 10.5 Å². The number of carboxylic acids is 1. The van der Waals surface area contributed by atoms with Crippen molar-refractivity contribution in [3.8, 4) is 0 Å². The second-order valence-corrected chi connectivity index (χ2v) is 4.77. The molecule has 0 unspecified atom stereocenters. The Kier molecular flexibility index (Phi) is 3.55. The summed E-state index contributed by atoms with van der Waals surface area (Å²) in [6, 6.07) is 5.30. The Morgan fingerprint density at radius 3 is 2.94 bits per heavy atom. The van der Waals surface area contributed by atoms with Crippen LogP contribution >= 0.6 is 11.3 Å². The summed E-state index contributed by atoms with van der Waals surface area (Å²) in [7, 11) is 0. The lowest BCUT2D eigenvalue weighted by molar-refractivity contribution is 0.0702. The van der Waals surface area contributed by atoms with E-state index in [4.69, 9.17) is 9.63 Å². The van der Waals surface area contributed by atoms with E-state index in [1.807, 2.05) is 19.1 Å². The molecule has 2 rings (SSSR count). The molecule has 2 aromatic rings. The lowest BCUT2D eigenvalue weighted by Crippen LogP contribution is -2.11. The zero-order valence-electron chi connectivity index (χ0n) is 9.27. The van der Waals surface area contributed by atoms with Crippen LogP contribution in [0.1, 0.15) is 26.0 Å². The van der Waals surface area contributed by atoms with E-state index < -0.39 is 5.97 Å². The number of rotatable bonds is 5. The average molecular weight is 252 g/mol. The molecule has 2 heterocycles. The maximum atomic E-state index is 10.7. The zero-order valence-corrected chi connectivity index (χ0v) is 10.1. The zero-order chi connectivity index (χ0) is 12.3. The Bertz CT molecular complexity index is 518. The molecule has 0 atom stereocenters. The van der Waals surface area contributed by atoms with E-state index >= 15 is 0 Å². The number of aryl methyl sites for hydroxylation is 1. The Hall–Kier alpha value is -1.66.